The third kappa shape index (κ3) is 5.20. The lowest BCUT2D eigenvalue weighted by Gasteiger charge is -2.08. The van der Waals surface area contributed by atoms with Gasteiger partial charge in [0, 0.05) is 12.1 Å². The van der Waals surface area contributed by atoms with Crippen molar-refractivity contribution in [3.05, 3.63) is 35.4 Å². The second-order valence-corrected chi connectivity index (χ2v) is 5.42. The summed E-state index contributed by atoms with van der Waals surface area (Å²) in [6, 6.07) is 6.77. The monoisotopic (exact) mass is 303 g/mol. The van der Waals surface area contributed by atoms with Crippen LogP contribution in [0.2, 0.25) is 0 Å². The first kappa shape index (κ1) is 15.3. The van der Waals surface area contributed by atoms with Crippen LogP contribution in [0.5, 0.6) is 0 Å². The van der Waals surface area contributed by atoms with Crippen molar-refractivity contribution in [1.29, 1.82) is 0 Å². The fraction of sp³-hybridized carbons (Fsp3) is 0.200. The van der Waals surface area contributed by atoms with Crippen molar-refractivity contribution in [2.75, 3.05) is 7.11 Å². The van der Waals surface area contributed by atoms with Gasteiger partial charge in [-0.25, -0.2) is 9.52 Å². The molecule has 0 aliphatic carbocycles. The molecule has 0 radical (unpaired) electrons. The summed E-state index contributed by atoms with van der Waals surface area (Å²) < 4.78 is 30.9. The lowest BCUT2D eigenvalue weighted by molar-refractivity contribution is 0.177. The minimum atomic E-state index is -3.96. The van der Waals surface area contributed by atoms with E-state index in [1.807, 2.05) is 0 Å². The van der Waals surface area contributed by atoms with Crippen LogP contribution in [0.15, 0.2) is 24.3 Å². The molecular weight excluding hydrogens is 290 g/mol. The van der Waals surface area contributed by atoms with Gasteiger partial charge >= 0.3 is 16.3 Å². The van der Waals surface area contributed by atoms with Gasteiger partial charge in [-0.15, -0.1) is 0 Å². The Bertz CT molecular complexity index is 586. The predicted octanol–water partition coefficient (Wildman–Crippen LogP) is 0.0112. The molecule has 1 aromatic rings. The zero-order valence-corrected chi connectivity index (χ0v) is 11.7. The molecule has 0 heterocycles. The molecule has 0 spiro atoms. The van der Waals surface area contributed by atoms with Crippen molar-refractivity contribution in [3.8, 4) is 0 Å². The zero-order valence-electron chi connectivity index (χ0n) is 10.0. The summed E-state index contributed by atoms with van der Waals surface area (Å²) in [4.78, 5) is 11.0. The average Bonchev–Trinajstić information content (AvgIpc) is 2.36. The van der Waals surface area contributed by atoms with Gasteiger partial charge in [0.1, 0.15) is 4.99 Å². The van der Waals surface area contributed by atoms with Gasteiger partial charge < -0.3 is 10.5 Å². The van der Waals surface area contributed by atoms with E-state index in [1.54, 1.807) is 29.0 Å². The van der Waals surface area contributed by atoms with Gasteiger partial charge in [-0.05, 0) is 11.6 Å². The van der Waals surface area contributed by atoms with Crippen molar-refractivity contribution in [2.24, 2.45) is 5.73 Å². The van der Waals surface area contributed by atoms with E-state index in [0.717, 1.165) is 7.11 Å². The Morgan fingerprint density at radius 2 is 2.16 bits per heavy atom. The largest absolute Gasteiger partial charge is 0.452 e. The van der Waals surface area contributed by atoms with Crippen LogP contribution in [0.1, 0.15) is 11.1 Å². The molecule has 9 heteroatoms. The number of rotatable bonds is 5. The molecule has 0 aromatic heterocycles. The highest BCUT2D eigenvalue weighted by Crippen LogP contribution is 2.05. The van der Waals surface area contributed by atoms with Gasteiger partial charge in [-0.3, -0.25) is 0 Å². The van der Waals surface area contributed by atoms with Gasteiger partial charge in [-0.2, -0.15) is 13.1 Å². The fourth-order valence-electron chi connectivity index (χ4n) is 1.20. The summed E-state index contributed by atoms with van der Waals surface area (Å²) in [5.41, 5.74) is 6.75. The molecule has 0 aliphatic heterocycles. The Morgan fingerprint density at radius 1 is 1.47 bits per heavy atom. The second-order valence-electron chi connectivity index (χ2n) is 3.48. The lowest BCUT2D eigenvalue weighted by atomic mass is 10.1. The van der Waals surface area contributed by atoms with Gasteiger partial charge in [0.15, 0.2) is 0 Å². The van der Waals surface area contributed by atoms with E-state index < -0.39 is 16.3 Å². The maximum absolute atomic E-state index is 11.4. The Morgan fingerprint density at radius 3 is 2.74 bits per heavy atom. The van der Waals surface area contributed by atoms with Crippen LogP contribution < -0.4 is 15.2 Å². The third-order valence-corrected chi connectivity index (χ3v) is 3.28. The second kappa shape index (κ2) is 6.45. The van der Waals surface area contributed by atoms with Gasteiger partial charge in [0.25, 0.3) is 0 Å². The molecule has 0 bridgehead atoms. The molecule has 1 amide bonds. The number of nitrogens with two attached hydrogens (primary N) is 1. The summed E-state index contributed by atoms with van der Waals surface area (Å²) >= 11 is 4.82. The Hall–Kier alpha value is -1.71. The number of methoxy groups -OCH3 is 1. The van der Waals surface area contributed by atoms with E-state index >= 15 is 0 Å². The highest BCUT2D eigenvalue weighted by atomic mass is 32.2. The molecular formula is C10H13N3O4S2. The van der Waals surface area contributed by atoms with Gasteiger partial charge in [0.05, 0.1) is 7.11 Å². The van der Waals surface area contributed by atoms with Crippen LogP contribution in [0, 0.1) is 0 Å². The van der Waals surface area contributed by atoms with Crippen LogP contribution >= 0.6 is 12.2 Å². The number of thiocarbonyl (C=S) groups is 1. The maximum atomic E-state index is 11.4. The summed E-state index contributed by atoms with van der Waals surface area (Å²) in [6.45, 7) is -0.0111. The van der Waals surface area contributed by atoms with Crippen LogP contribution in [-0.2, 0) is 21.5 Å². The zero-order chi connectivity index (χ0) is 14.5. The minimum absolute atomic E-state index is 0.0111. The van der Waals surface area contributed by atoms with Gasteiger partial charge in [-0.1, -0.05) is 30.4 Å². The lowest BCUT2D eigenvalue weighted by Crippen LogP contribution is -2.39. The molecule has 19 heavy (non-hydrogen) atoms. The fourth-order valence-corrected chi connectivity index (χ4v) is 2.06. The summed E-state index contributed by atoms with van der Waals surface area (Å²) in [5.74, 6) is 0. The van der Waals surface area contributed by atoms with Crippen molar-refractivity contribution >= 4 is 33.5 Å². The highest BCUT2D eigenvalue weighted by molar-refractivity contribution is 7.88. The number of hydrogen-bond acceptors (Lipinski definition) is 5. The van der Waals surface area contributed by atoms with Crippen LogP contribution in [0.3, 0.4) is 0 Å². The van der Waals surface area contributed by atoms with E-state index in [-0.39, 0.29) is 11.5 Å². The highest BCUT2D eigenvalue weighted by Gasteiger charge is 2.13. The van der Waals surface area contributed by atoms with E-state index in [4.69, 9.17) is 18.0 Å². The van der Waals surface area contributed by atoms with Crippen LogP contribution in [0.25, 0.3) is 0 Å². The smallest absolute Gasteiger partial charge is 0.421 e. The quantitative estimate of drug-likeness (QED) is 0.661. The summed E-state index contributed by atoms with van der Waals surface area (Å²) in [6.07, 6.45) is -1.07. The normalized spacial score (nSPS) is 10.8. The molecule has 1 aromatic carbocycles. The van der Waals surface area contributed by atoms with Crippen molar-refractivity contribution in [1.82, 2.24) is 9.44 Å². The molecule has 7 nitrogen and oxygen atoms in total. The molecule has 0 fully saturated rings. The van der Waals surface area contributed by atoms with Crippen molar-refractivity contribution in [3.63, 3.8) is 0 Å². The third-order valence-electron chi connectivity index (χ3n) is 2.08. The first-order valence-electron chi connectivity index (χ1n) is 5.08. The van der Waals surface area contributed by atoms with Crippen molar-refractivity contribution < 1.29 is 17.9 Å². The minimum Gasteiger partial charge on any atom is -0.452 e. The number of nitrogens with one attached hydrogen (secondary N) is 2. The predicted molar refractivity (Wildman–Crippen MR) is 73.6 cm³/mol. The molecule has 0 saturated heterocycles. The molecule has 0 atom stereocenters. The summed E-state index contributed by atoms with van der Waals surface area (Å²) in [7, 11) is -2.90. The number of carbonyl (C=O) groups is 1. The number of hydrogen-bond donors (Lipinski definition) is 3. The van der Waals surface area contributed by atoms with E-state index in [9.17, 15) is 13.2 Å². The molecule has 0 saturated carbocycles. The molecule has 0 aliphatic rings. The summed E-state index contributed by atoms with van der Waals surface area (Å²) in [5, 5.41) is 0. The van der Waals surface area contributed by atoms with E-state index in [0.29, 0.717) is 11.1 Å². The van der Waals surface area contributed by atoms with E-state index in [1.165, 1.54) is 0 Å². The number of carbonyl (C=O) groups excluding carboxylic acids is 1. The standard InChI is InChI=1S/C10H13N3O4S2/c1-17-10(14)13-19(15,16)12-6-7-3-2-4-8(5-7)9(11)18/h2-5,12H,6H2,1H3,(H2,11,18)(H,13,14). The Balaban J connectivity index is 2.69. The first-order chi connectivity index (χ1) is 8.84. The Labute approximate surface area is 116 Å². The molecule has 0 unspecified atom stereocenters. The molecule has 4 N–H and O–H groups in total. The Kier molecular flexibility index (Phi) is 5.21. The topological polar surface area (TPSA) is 111 Å². The number of amides is 1. The SMILES string of the molecule is COC(=O)NS(=O)(=O)NCc1cccc(C(N)=S)c1. The first-order valence-corrected chi connectivity index (χ1v) is 6.97. The molecule has 1 rings (SSSR count). The van der Waals surface area contributed by atoms with E-state index in [2.05, 4.69) is 9.46 Å². The molecule has 104 valence electrons. The van der Waals surface area contributed by atoms with Gasteiger partial charge in [0.2, 0.25) is 0 Å². The number of ether oxygens (including phenoxy) is 1. The maximum Gasteiger partial charge on any atom is 0.421 e. The van der Waals surface area contributed by atoms with Crippen LogP contribution in [0.4, 0.5) is 4.79 Å². The van der Waals surface area contributed by atoms with Crippen molar-refractivity contribution in [2.45, 2.75) is 6.54 Å². The number of benzene rings is 1. The average molecular weight is 303 g/mol. The van der Waals surface area contributed by atoms with Crippen LogP contribution in [-0.4, -0.2) is 26.6 Å².